The number of hydrogen-bond acceptors (Lipinski definition) is 5. The number of amides is 2. The molecule has 0 unspecified atom stereocenters. The van der Waals surface area contributed by atoms with Crippen LogP contribution in [0.4, 0.5) is 5.69 Å². The average molecular weight is 396 g/mol. The zero-order chi connectivity index (χ0) is 20.8. The quantitative estimate of drug-likeness (QED) is 0.783. The standard InChI is InChI=1S/C22H28N4O3/c1-15-10-16(2)20(17(3)11-15)25-22(28)19-12-18(13-23-14-19)21(27)24-4-5-26-6-8-29-9-7-26/h10-14H,4-9H2,1-3H3,(H,24,27)(H,25,28). The van der Waals surface area contributed by atoms with Crippen LogP contribution in [0.1, 0.15) is 37.4 Å². The minimum atomic E-state index is -0.282. The molecule has 1 aliphatic rings. The van der Waals surface area contributed by atoms with E-state index < -0.39 is 0 Å². The molecule has 2 aromatic rings. The van der Waals surface area contributed by atoms with Crippen LogP contribution < -0.4 is 10.6 Å². The summed E-state index contributed by atoms with van der Waals surface area (Å²) in [5.41, 5.74) is 4.67. The number of carbonyl (C=O) groups excluding carboxylic acids is 2. The van der Waals surface area contributed by atoms with Gasteiger partial charge in [0.1, 0.15) is 0 Å². The summed E-state index contributed by atoms with van der Waals surface area (Å²) in [4.78, 5) is 31.5. The van der Waals surface area contributed by atoms with Crippen LogP contribution in [-0.2, 0) is 4.74 Å². The fourth-order valence-electron chi connectivity index (χ4n) is 3.51. The van der Waals surface area contributed by atoms with Gasteiger partial charge in [-0.15, -0.1) is 0 Å². The van der Waals surface area contributed by atoms with Crippen molar-refractivity contribution in [2.75, 3.05) is 44.7 Å². The van der Waals surface area contributed by atoms with Crippen molar-refractivity contribution in [3.8, 4) is 0 Å². The molecular weight excluding hydrogens is 368 g/mol. The van der Waals surface area contributed by atoms with E-state index in [9.17, 15) is 9.59 Å². The fourth-order valence-corrected chi connectivity index (χ4v) is 3.51. The highest BCUT2D eigenvalue weighted by atomic mass is 16.5. The molecule has 1 aliphatic heterocycles. The van der Waals surface area contributed by atoms with Crippen molar-refractivity contribution in [3.63, 3.8) is 0 Å². The maximum Gasteiger partial charge on any atom is 0.257 e. The first-order valence-corrected chi connectivity index (χ1v) is 9.86. The smallest absolute Gasteiger partial charge is 0.257 e. The highest BCUT2D eigenvalue weighted by Crippen LogP contribution is 2.22. The van der Waals surface area contributed by atoms with Gasteiger partial charge in [0.2, 0.25) is 0 Å². The summed E-state index contributed by atoms with van der Waals surface area (Å²) >= 11 is 0. The van der Waals surface area contributed by atoms with Crippen LogP contribution >= 0.6 is 0 Å². The van der Waals surface area contributed by atoms with Crippen LogP contribution in [0.2, 0.25) is 0 Å². The van der Waals surface area contributed by atoms with Crippen LogP contribution in [-0.4, -0.2) is 61.1 Å². The zero-order valence-corrected chi connectivity index (χ0v) is 17.2. The topological polar surface area (TPSA) is 83.6 Å². The number of aryl methyl sites for hydroxylation is 3. The van der Waals surface area contributed by atoms with Gasteiger partial charge in [0.25, 0.3) is 11.8 Å². The molecule has 1 aromatic heterocycles. The van der Waals surface area contributed by atoms with Crippen molar-refractivity contribution in [1.29, 1.82) is 0 Å². The second-order valence-corrected chi connectivity index (χ2v) is 7.40. The summed E-state index contributed by atoms with van der Waals surface area (Å²) in [5, 5.41) is 5.84. The molecule has 3 rings (SSSR count). The first-order chi connectivity index (χ1) is 13.9. The zero-order valence-electron chi connectivity index (χ0n) is 17.2. The van der Waals surface area contributed by atoms with E-state index in [0.717, 1.165) is 55.2 Å². The van der Waals surface area contributed by atoms with Crippen molar-refractivity contribution in [3.05, 3.63) is 58.4 Å². The number of nitrogens with zero attached hydrogens (tertiary/aromatic N) is 2. The summed E-state index contributed by atoms with van der Waals surface area (Å²) < 4.78 is 5.32. The summed E-state index contributed by atoms with van der Waals surface area (Å²) in [5.74, 6) is -0.515. The Hall–Kier alpha value is -2.77. The molecule has 0 spiro atoms. The van der Waals surface area contributed by atoms with Gasteiger partial charge < -0.3 is 15.4 Å². The minimum absolute atomic E-state index is 0.233. The number of nitrogens with one attached hydrogen (secondary N) is 2. The van der Waals surface area contributed by atoms with E-state index >= 15 is 0 Å². The van der Waals surface area contributed by atoms with E-state index in [4.69, 9.17) is 4.74 Å². The molecule has 0 aliphatic carbocycles. The first kappa shape index (κ1) is 21.0. The molecule has 1 fully saturated rings. The van der Waals surface area contributed by atoms with Crippen LogP contribution in [0.15, 0.2) is 30.6 Å². The van der Waals surface area contributed by atoms with Gasteiger partial charge in [-0.25, -0.2) is 0 Å². The molecule has 154 valence electrons. The van der Waals surface area contributed by atoms with Gasteiger partial charge in [-0.1, -0.05) is 17.7 Å². The third-order valence-electron chi connectivity index (χ3n) is 5.00. The number of morpholine rings is 1. The lowest BCUT2D eigenvalue weighted by Gasteiger charge is -2.26. The van der Waals surface area contributed by atoms with Crippen molar-refractivity contribution >= 4 is 17.5 Å². The second kappa shape index (κ2) is 9.62. The minimum Gasteiger partial charge on any atom is -0.379 e. The normalized spacial score (nSPS) is 14.4. The summed E-state index contributed by atoms with van der Waals surface area (Å²) in [6, 6.07) is 5.63. The Kier molecular flexibility index (Phi) is 6.95. The van der Waals surface area contributed by atoms with E-state index in [-0.39, 0.29) is 11.8 Å². The van der Waals surface area contributed by atoms with E-state index in [1.165, 1.54) is 12.4 Å². The van der Waals surface area contributed by atoms with Crippen molar-refractivity contribution in [1.82, 2.24) is 15.2 Å². The number of benzene rings is 1. The lowest BCUT2D eigenvalue weighted by Crippen LogP contribution is -2.41. The van der Waals surface area contributed by atoms with Gasteiger partial charge in [-0.05, 0) is 38.0 Å². The Morgan fingerprint density at radius 3 is 2.28 bits per heavy atom. The Morgan fingerprint density at radius 1 is 1.00 bits per heavy atom. The molecule has 2 amide bonds. The molecule has 2 heterocycles. The number of aromatic nitrogens is 1. The maximum atomic E-state index is 12.7. The van der Waals surface area contributed by atoms with Crippen molar-refractivity contribution in [2.45, 2.75) is 20.8 Å². The SMILES string of the molecule is Cc1cc(C)c(NC(=O)c2cncc(C(=O)NCCN3CCOCC3)c2)c(C)c1. The Morgan fingerprint density at radius 2 is 1.62 bits per heavy atom. The lowest BCUT2D eigenvalue weighted by atomic mass is 10.0. The number of anilines is 1. The van der Waals surface area contributed by atoms with Gasteiger partial charge in [-0.2, -0.15) is 0 Å². The molecule has 7 heteroatoms. The van der Waals surface area contributed by atoms with Crippen LogP contribution in [0.25, 0.3) is 0 Å². The van der Waals surface area contributed by atoms with Crippen molar-refractivity contribution < 1.29 is 14.3 Å². The fraction of sp³-hybridized carbons (Fsp3) is 0.409. The third-order valence-corrected chi connectivity index (χ3v) is 5.00. The van der Waals surface area contributed by atoms with Gasteiger partial charge >= 0.3 is 0 Å². The highest BCUT2D eigenvalue weighted by Gasteiger charge is 2.15. The molecule has 29 heavy (non-hydrogen) atoms. The Bertz CT molecular complexity index is 868. The van der Waals surface area contributed by atoms with Crippen LogP contribution in [0.3, 0.4) is 0 Å². The highest BCUT2D eigenvalue weighted by molar-refractivity contribution is 6.06. The van der Waals surface area contributed by atoms with Gasteiger partial charge in [-0.3, -0.25) is 19.5 Å². The summed E-state index contributed by atoms with van der Waals surface area (Å²) in [7, 11) is 0. The predicted molar refractivity (Wildman–Crippen MR) is 112 cm³/mol. The maximum absolute atomic E-state index is 12.7. The van der Waals surface area contributed by atoms with Gasteiger partial charge in [0.05, 0.1) is 24.3 Å². The van der Waals surface area contributed by atoms with Gasteiger partial charge in [0, 0.05) is 44.3 Å². The van der Waals surface area contributed by atoms with Crippen LogP contribution in [0.5, 0.6) is 0 Å². The van der Waals surface area contributed by atoms with E-state index in [1.807, 2.05) is 32.9 Å². The Labute approximate surface area is 171 Å². The van der Waals surface area contributed by atoms with Crippen molar-refractivity contribution in [2.24, 2.45) is 0 Å². The van der Waals surface area contributed by atoms with E-state index in [0.29, 0.717) is 17.7 Å². The number of pyridine rings is 1. The first-order valence-electron chi connectivity index (χ1n) is 9.86. The molecule has 1 aromatic carbocycles. The van der Waals surface area contributed by atoms with E-state index in [1.54, 1.807) is 6.07 Å². The molecule has 0 bridgehead atoms. The second-order valence-electron chi connectivity index (χ2n) is 7.40. The predicted octanol–water partition coefficient (Wildman–Crippen LogP) is 2.32. The Balaban J connectivity index is 1.61. The van der Waals surface area contributed by atoms with E-state index in [2.05, 4.69) is 20.5 Å². The molecule has 7 nitrogen and oxygen atoms in total. The molecule has 0 saturated carbocycles. The summed E-state index contributed by atoms with van der Waals surface area (Å²) in [6.07, 6.45) is 2.95. The molecule has 0 atom stereocenters. The number of rotatable bonds is 6. The molecule has 0 radical (unpaired) electrons. The summed E-state index contributed by atoms with van der Waals surface area (Å²) in [6.45, 7) is 10.5. The number of ether oxygens (including phenoxy) is 1. The van der Waals surface area contributed by atoms with Crippen LogP contribution in [0, 0.1) is 20.8 Å². The largest absolute Gasteiger partial charge is 0.379 e. The number of hydrogen-bond donors (Lipinski definition) is 2. The third kappa shape index (κ3) is 5.62. The molecular formula is C22H28N4O3. The van der Waals surface area contributed by atoms with Gasteiger partial charge in [0.15, 0.2) is 0 Å². The monoisotopic (exact) mass is 396 g/mol. The molecule has 2 N–H and O–H groups in total. The average Bonchev–Trinajstić information content (AvgIpc) is 2.71. The lowest BCUT2D eigenvalue weighted by molar-refractivity contribution is 0.0383. The number of carbonyl (C=O) groups is 2. The molecule has 1 saturated heterocycles.